The van der Waals surface area contributed by atoms with Gasteiger partial charge < -0.3 is 15.8 Å². The first-order valence-electron chi connectivity index (χ1n) is 5.29. The van der Waals surface area contributed by atoms with Crippen LogP contribution in [-0.2, 0) is 9.53 Å². The summed E-state index contributed by atoms with van der Waals surface area (Å²) in [5.74, 6) is -0.00824. The molecule has 0 saturated heterocycles. The lowest BCUT2D eigenvalue weighted by Crippen LogP contribution is -2.55. The summed E-state index contributed by atoms with van der Waals surface area (Å²) in [7, 11) is 1.65. The second-order valence-electron chi connectivity index (χ2n) is 4.95. The molecule has 0 heterocycles. The van der Waals surface area contributed by atoms with E-state index in [1.54, 1.807) is 7.11 Å². The lowest BCUT2D eigenvalue weighted by Gasteiger charge is -2.36. The number of hydrogen-bond acceptors (Lipinski definition) is 3. The van der Waals surface area contributed by atoms with Gasteiger partial charge in [-0.15, -0.1) is 0 Å². The molecule has 0 aliphatic heterocycles. The summed E-state index contributed by atoms with van der Waals surface area (Å²) in [6, 6.07) is 0. The molecule has 3 N–H and O–H groups in total. The van der Waals surface area contributed by atoms with Crippen LogP contribution in [0.1, 0.15) is 34.1 Å². The maximum absolute atomic E-state index is 11.8. The molecule has 0 atom stereocenters. The summed E-state index contributed by atoms with van der Waals surface area (Å²) in [6.07, 6.45) is 0.823. The molecule has 0 saturated carbocycles. The number of carbonyl (C=O) groups is 1. The van der Waals surface area contributed by atoms with E-state index in [1.165, 1.54) is 0 Å². The SMILES string of the molecule is COCCCNC(=O)C(C)(C)C(C)(C)N. The first kappa shape index (κ1) is 14.4. The number of methoxy groups -OCH3 is 1. The Hall–Kier alpha value is -0.610. The van der Waals surface area contributed by atoms with Crippen LogP contribution in [0, 0.1) is 5.41 Å². The minimum Gasteiger partial charge on any atom is -0.385 e. The largest absolute Gasteiger partial charge is 0.385 e. The van der Waals surface area contributed by atoms with Gasteiger partial charge in [0.05, 0.1) is 5.41 Å². The Kier molecular flexibility index (Phi) is 5.24. The number of hydrogen-bond donors (Lipinski definition) is 2. The maximum atomic E-state index is 11.8. The van der Waals surface area contributed by atoms with Crippen molar-refractivity contribution in [3.05, 3.63) is 0 Å². The van der Waals surface area contributed by atoms with E-state index >= 15 is 0 Å². The fraction of sp³-hybridized carbons (Fsp3) is 0.909. The molecule has 0 aliphatic rings. The third-order valence-corrected chi connectivity index (χ3v) is 2.99. The molecule has 4 heteroatoms. The first-order chi connectivity index (χ1) is 6.73. The van der Waals surface area contributed by atoms with Gasteiger partial charge in [-0.2, -0.15) is 0 Å². The molecular formula is C11H24N2O2. The van der Waals surface area contributed by atoms with E-state index in [0.29, 0.717) is 13.2 Å². The van der Waals surface area contributed by atoms with Crippen molar-refractivity contribution in [2.45, 2.75) is 39.7 Å². The van der Waals surface area contributed by atoms with Crippen LogP contribution in [0.25, 0.3) is 0 Å². The smallest absolute Gasteiger partial charge is 0.227 e. The summed E-state index contributed by atoms with van der Waals surface area (Å²) in [5, 5.41) is 2.87. The van der Waals surface area contributed by atoms with Crippen LogP contribution in [0.2, 0.25) is 0 Å². The normalized spacial score (nSPS) is 12.7. The van der Waals surface area contributed by atoms with Crippen LogP contribution >= 0.6 is 0 Å². The number of rotatable bonds is 6. The predicted octanol–water partition coefficient (Wildman–Crippen LogP) is 0.903. The highest BCUT2D eigenvalue weighted by Crippen LogP contribution is 2.28. The van der Waals surface area contributed by atoms with E-state index in [-0.39, 0.29) is 5.91 Å². The zero-order valence-corrected chi connectivity index (χ0v) is 10.5. The van der Waals surface area contributed by atoms with Gasteiger partial charge in [-0.1, -0.05) is 0 Å². The van der Waals surface area contributed by atoms with Crippen molar-refractivity contribution in [2.75, 3.05) is 20.3 Å². The standard InChI is InChI=1S/C11H24N2O2/c1-10(2,11(3,4)12)9(14)13-7-6-8-15-5/h6-8,12H2,1-5H3,(H,13,14). The first-order valence-corrected chi connectivity index (χ1v) is 5.29. The third-order valence-electron chi connectivity index (χ3n) is 2.99. The van der Waals surface area contributed by atoms with E-state index in [4.69, 9.17) is 10.5 Å². The van der Waals surface area contributed by atoms with Gasteiger partial charge >= 0.3 is 0 Å². The average molecular weight is 216 g/mol. The molecule has 0 aliphatic carbocycles. The quantitative estimate of drug-likeness (QED) is 0.648. The van der Waals surface area contributed by atoms with Gasteiger partial charge in [-0.05, 0) is 34.1 Å². The molecule has 0 aromatic heterocycles. The molecular weight excluding hydrogens is 192 g/mol. The van der Waals surface area contributed by atoms with E-state index in [9.17, 15) is 4.79 Å². The van der Waals surface area contributed by atoms with Crippen molar-refractivity contribution in [1.82, 2.24) is 5.32 Å². The van der Waals surface area contributed by atoms with Crippen LogP contribution < -0.4 is 11.1 Å². The van der Waals surface area contributed by atoms with Gasteiger partial charge in [0.1, 0.15) is 0 Å². The lowest BCUT2D eigenvalue weighted by molar-refractivity contribution is -0.132. The fourth-order valence-electron chi connectivity index (χ4n) is 0.932. The molecule has 0 unspecified atom stereocenters. The van der Waals surface area contributed by atoms with Crippen molar-refractivity contribution in [2.24, 2.45) is 11.1 Å². The number of ether oxygens (including phenoxy) is 1. The molecule has 0 radical (unpaired) electrons. The second-order valence-corrected chi connectivity index (χ2v) is 4.95. The van der Waals surface area contributed by atoms with Crippen LogP contribution in [-0.4, -0.2) is 31.7 Å². The molecule has 0 spiro atoms. The number of nitrogens with two attached hydrogens (primary N) is 1. The molecule has 15 heavy (non-hydrogen) atoms. The molecule has 0 fully saturated rings. The van der Waals surface area contributed by atoms with Gasteiger partial charge in [0.15, 0.2) is 0 Å². The van der Waals surface area contributed by atoms with Crippen LogP contribution in [0.5, 0.6) is 0 Å². The Morgan fingerprint density at radius 2 is 1.87 bits per heavy atom. The van der Waals surface area contributed by atoms with E-state index in [1.807, 2.05) is 27.7 Å². The molecule has 0 rings (SSSR count). The maximum Gasteiger partial charge on any atom is 0.227 e. The Morgan fingerprint density at radius 1 is 1.33 bits per heavy atom. The Balaban J connectivity index is 4.10. The summed E-state index contributed by atoms with van der Waals surface area (Å²) < 4.78 is 4.90. The van der Waals surface area contributed by atoms with Crippen molar-refractivity contribution in [3.8, 4) is 0 Å². The molecule has 0 aromatic carbocycles. The predicted molar refractivity (Wildman–Crippen MR) is 61.6 cm³/mol. The third kappa shape index (κ3) is 4.18. The van der Waals surface area contributed by atoms with Crippen molar-refractivity contribution < 1.29 is 9.53 Å². The Morgan fingerprint density at radius 3 is 2.27 bits per heavy atom. The van der Waals surface area contributed by atoms with Gasteiger partial charge in [-0.3, -0.25) is 4.79 Å². The minimum absolute atomic E-state index is 0.00824. The van der Waals surface area contributed by atoms with E-state index in [0.717, 1.165) is 6.42 Å². The van der Waals surface area contributed by atoms with Crippen LogP contribution in [0.3, 0.4) is 0 Å². The van der Waals surface area contributed by atoms with Crippen LogP contribution in [0.15, 0.2) is 0 Å². The molecule has 1 amide bonds. The molecule has 0 aromatic rings. The second kappa shape index (κ2) is 5.47. The summed E-state index contributed by atoms with van der Waals surface area (Å²) in [4.78, 5) is 11.8. The summed E-state index contributed by atoms with van der Waals surface area (Å²) >= 11 is 0. The molecule has 0 bridgehead atoms. The van der Waals surface area contributed by atoms with Gasteiger partial charge in [-0.25, -0.2) is 0 Å². The van der Waals surface area contributed by atoms with Gasteiger partial charge in [0.25, 0.3) is 0 Å². The topological polar surface area (TPSA) is 64.3 Å². The zero-order valence-electron chi connectivity index (χ0n) is 10.5. The van der Waals surface area contributed by atoms with Crippen molar-refractivity contribution in [1.29, 1.82) is 0 Å². The zero-order chi connectivity index (χ0) is 12.1. The van der Waals surface area contributed by atoms with E-state index in [2.05, 4.69) is 5.32 Å². The Bertz CT molecular complexity index is 207. The number of nitrogens with one attached hydrogen (secondary N) is 1. The number of amides is 1. The summed E-state index contributed by atoms with van der Waals surface area (Å²) in [5.41, 5.74) is 4.86. The molecule has 90 valence electrons. The molecule has 4 nitrogen and oxygen atoms in total. The van der Waals surface area contributed by atoms with Gasteiger partial charge in [0.2, 0.25) is 5.91 Å². The van der Waals surface area contributed by atoms with Gasteiger partial charge in [0, 0.05) is 25.8 Å². The monoisotopic (exact) mass is 216 g/mol. The minimum atomic E-state index is -0.569. The Labute approximate surface area is 92.6 Å². The highest BCUT2D eigenvalue weighted by atomic mass is 16.5. The highest BCUT2D eigenvalue weighted by molar-refractivity contribution is 5.83. The number of carbonyl (C=O) groups excluding carboxylic acids is 1. The summed E-state index contributed by atoms with van der Waals surface area (Å²) in [6.45, 7) is 8.74. The van der Waals surface area contributed by atoms with E-state index < -0.39 is 11.0 Å². The van der Waals surface area contributed by atoms with Crippen molar-refractivity contribution >= 4 is 5.91 Å². The average Bonchev–Trinajstić information content (AvgIpc) is 2.10. The lowest BCUT2D eigenvalue weighted by atomic mass is 9.74. The van der Waals surface area contributed by atoms with Crippen LogP contribution in [0.4, 0.5) is 0 Å². The fourth-order valence-corrected chi connectivity index (χ4v) is 0.932. The van der Waals surface area contributed by atoms with Crippen molar-refractivity contribution in [3.63, 3.8) is 0 Å². The highest BCUT2D eigenvalue weighted by Gasteiger charge is 2.39.